The zero-order valence-electron chi connectivity index (χ0n) is 27.0. The first-order chi connectivity index (χ1) is 21.8. The number of methoxy groups -OCH3 is 1. The number of nitrogens with two attached hydrogens (primary N) is 1. The van der Waals surface area contributed by atoms with E-state index in [1.807, 2.05) is 63.3 Å². The lowest BCUT2D eigenvalue weighted by atomic mass is 9.99. The van der Waals surface area contributed by atoms with Crippen molar-refractivity contribution >= 4 is 41.5 Å². The summed E-state index contributed by atoms with van der Waals surface area (Å²) in [7, 11) is 1.47. The second kappa shape index (κ2) is 19.4. The SMILES string of the molecule is COc1ccc(C[C@@H](NC(=O)/C=C/C[C@H](OC(=O)[C@H](CC(C)C)OC(=O)C[C@@H](C)N)[C@H](C)/C=C/c2ccccc2)C(=O)O)cc1Cl. The molecule has 11 heteroatoms. The molecule has 0 heterocycles. The number of benzene rings is 2. The van der Waals surface area contributed by atoms with Gasteiger partial charge >= 0.3 is 17.9 Å². The molecule has 0 saturated carbocycles. The van der Waals surface area contributed by atoms with E-state index in [2.05, 4.69) is 5.32 Å². The fraction of sp³-hybridized carbons (Fsp3) is 0.429. The fourth-order valence-electron chi connectivity index (χ4n) is 4.44. The lowest BCUT2D eigenvalue weighted by Crippen LogP contribution is -2.41. The highest BCUT2D eigenvalue weighted by Crippen LogP contribution is 2.25. The molecule has 5 atom stereocenters. The number of halogens is 1. The van der Waals surface area contributed by atoms with Crippen LogP contribution in [-0.4, -0.2) is 60.3 Å². The van der Waals surface area contributed by atoms with Crippen LogP contribution in [0.2, 0.25) is 5.02 Å². The van der Waals surface area contributed by atoms with Crippen LogP contribution in [0, 0.1) is 11.8 Å². The van der Waals surface area contributed by atoms with E-state index >= 15 is 0 Å². The molecule has 2 rings (SSSR count). The number of hydrogen-bond acceptors (Lipinski definition) is 8. The zero-order valence-corrected chi connectivity index (χ0v) is 27.7. The fourth-order valence-corrected chi connectivity index (χ4v) is 4.72. The van der Waals surface area contributed by atoms with E-state index in [1.54, 1.807) is 25.1 Å². The molecule has 2 aromatic rings. The van der Waals surface area contributed by atoms with Crippen LogP contribution in [0.4, 0.5) is 0 Å². The average molecular weight is 657 g/mol. The number of hydrogen-bond donors (Lipinski definition) is 3. The first-order valence-corrected chi connectivity index (χ1v) is 15.6. The van der Waals surface area contributed by atoms with Crippen molar-refractivity contribution in [1.82, 2.24) is 5.32 Å². The maximum Gasteiger partial charge on any atom is 0.347 e. The summed E-state index contributed by atoms with van der Waals surface area (Å²) in [5.41, 5.74) is 7.28. The molecule has 46 heavy (non-hydrogen) atoms. The van der Waals surface area contributed by atoms with Crippen LogP contribution in [0.1, 0.15) is 58.1 Å². The van der Waals surface area contributed by atoms with Gasteiger partial charge in [0, 0.05) is 24.8 Å². The summed E-state index contributed by atoms with van der Waals surface area (Å²) in [5, 5.41) is 12.5. The topological polar surface area (TPSA) is 154 Å². The minimum atomic E-state index is -1.22. The summed E-state index contributed by atoms with van der Waals surface area (Å²) < 4.78 is 16.5. The summed E-state index contributed by atoms with van der Waals surface area (Å²) in [5.74, 6) is -2.95. The minimum Gasteiger partial charge on any atom is -0.495 e. The third-order valence-electron chi connectivity index (χ3n) is 6.86. The number of carboxylic acids is 1. The van der Waals surface area contributed by atoms with Crippen LogP contribution < -0.4 is 15.8 Å². The Bertz CT molecular complexity index is 1360. The largest absolute Gasteiger partial charge is 0.495 e. The van der Waals surface area contributed by atoms with Crippen molar-refractivity contribution in [2.75, 3.05) is 7.11 Å². The first-order valence-electron chi connectivity index (χ1n) is 15.2. The van der Waals surface area contributed by atoms with Gasteiger partial charge in [0.25, 0.3) is 0 Å². The number of ether oxygens (including phenoxy) is 3. The number of nitrogens with one attached hydrogen (secondary N) is 1. The monoisotopic (exact) mass is 656 g/mol. The molecule has 1 amide bonds. The molecule has 0 saturated heterocycles. The van der Waals surface area contributed by atoms with E-state index in [0.717, 1.165) is 5.56 Å². The molecule has 0 spiro atoms. The van der Waals surface area contributed by atoms with Gasteiger partial charge < -0.3 is 30.4 Å². The normalized spacial score (nSPS) is 14.8. The van der Waals surface area contributed by atoms with Gasteiger partial charge in [-0.3, -0.25) is 9.59 Å². The van der Waals surface area contributed by atoms with Crippen molar-refractivity contribution in [3.8, 4) is 5.75 Å². The Hall–Kier alpha value is -4.15. The lowest BCUT2D eigenvalue weighted by Gasteiger charge is -2.25. The van der Waals surface area contributed by atoms with Gasteiger partial charge in [-0.05, 0) is 48.6 Å². The minimum absolute atomic E-state index is 0.000918. The first kappa shape index (κ1) is 38.0. The second-order valence-electron chi connectivity index (χ2n) is 11.6. The van der Waals surface area contributed by atoms with E-state index in [-0.39, 0.29) is 37.5 Å². The molecule has 0 fully saturated rings. The van der Waals surface area contributed by atoms with E-state index < -0.39 is 48.1 Å². The molecule has 0 unspecified atom stereocenters. The Morgan fingerprint density at radius 3 is 2.30 bits per heavy atom. The Labute approximate surface area is 275 Å². The smallest absolute Gasteiger partial charge is 0.347 e. The Morgan fingerprint density at radius 1 is 1.02 bits per heavy atom. The summed E-state index contributed by atoms with van der Waals surface area (Å²) in [6.45, 7) is 7.34. The van der Waals surface area contributed by atoms with Crippen molar-refractivity contribution in [3.05, 3.63) is 82.9 Å². The molecule has 0 aromatic heterocycles. The van der Waals surface area contributed by atoms with Gasteiger partial charge in [0.2, 0.25) is 5.91 Å². The van der Waals surface area contributed by atoms with Gasteiger partial charge in [0.1, 0.15) is 17.9 Å². The molecule has 0 bridgehead atoms. The van der Waals surface area contributed by atoms with Gasteiger partial charge in [-0.25, -0.2) is 9.59 Å². The maximum absolute atomic E-state index is 13.3. The van der Waals surface area contributed by atoms with Crippen LogP contribution in [0.25, 0.3) is 6.08 Å². The number of carbonyl (C=O) groups is 4. The van der Waals surface area contributed by atoms with Crippen molar-refractivity contribution < 1.29 is 38.5 Å². The van der Waals surface area contributed by atoms with Gasteiger partial charge in [-0.1, -0.05) is 87.0 Å². The predicted octanol–water partition coefficient (Wildman–Crippen LogP) is 5.36. The summed E-state index contributed by atoms with van der Waals surface area (Å²) in [6.07, 6.45) is 5.03. The summed E-state index contributed by atoms with van der Waals surface area (Å²) in [6, 6.07) is 12.8. The molecule has 0 aliphatic carbocycles. The summed E-state index contributed by atoms with van der Waals surface area (Å²) >= 11 is 6.16. The van der Waals surface area contributed by atoms with Crippen LogP contribution in [0.3, 0.4) is 0 Å². The highest BCUT2D eigenvalue weighted by molar-refractivity contribution is 6.32. The van der Waals surface area contributed by atoms with Crippen LogP contribution in [0.15, 0.2) is 66.8 Å². The predicted molar refractivity (Wildman–Crippen MR) is 177 cm³/mol. The van der Waals surface area contributed by atoms with E-state index in [9.17, 15) is 24.3 Å². The number of carboxylic acid groups (broad SMARTS) is 1. The van der Waals surface area contributed by atoms with Gasteiger partial charge in [-0.2, -0.15) is 0 Å². The Balaban J connectivity index is 2.19. The number of esters is 2. The van der Waals surface area contributed by atoms with Gasteiger partial charge in [0.05, 0.1) is 18.6 Å². The average Bonchev–Trinajstić information content (AvgIpc) is 2.98. The van der Waals surface area contributed by atoms with Gasteiger partial charge in [0.15, 0.2) is 6.10 Å². The number of aliphatic carboxylic acids is 1. The zero-order chi connectivity index (χ0) is 34.2. The summed E-state index contributed by atoms with van der Waals surface area (Å²) in [4.78, 5) is 50.3. The van der Waals surface area contributed by atoms with Crippen molar-refractivity contribution in [1.29, 1.82) is 0 Å². The molecular weight excluding hydrogens is 612 g/mol. The standard InChI is InChI=1S/C35H45ClN2O8/c1-22(2)18-31(45-33(40)19-24(4)37)35(43)46-29(23(3)14-15-25-10-7-6-8-11-25)12-9-13-32(39)38-28(34(41)42)21-26-16-17-30(44-5)27(36)20-26/h6-11,13-17,20,22-24,28-29,31H,12,18-19,21,37H2,1-5H3,(H,38,39)(H,41,42)/b13-9+,15-14+/t23-,24-,28-,29+,31+/m1/s1. The van der Waals surface area contributed by atoms with Crippen LogP contribution >= 0.6 is 11.6 Å². The molecular formula is C35H45ClN2O8. The van der Waals surface area contributed by atoms with Crippen LogP contribution in [0.5, 0.6) is 5.75 Å². The van der Waals surface area contributed by atoms with E-state index in [0.29, 0.717) is 16.3 Å². The highest BCUT2D eigenvalue weighted by atomic mass is 35.5. The molecule has 250 valence electrons. The van der Waals surface area contributed by atoms with Crippen LogP contribution in [-0.2, 0) is 35.1 Å². The third-order valence-corrected chi connectivity index (χ3v) is 7.16. The number of carbonyl (C=O) groups excluding carboxylic acids is 3. The van der Waals surface area contributed by atoms with E-state index in [4.69, 9.17) is 31.5 Å². The third kappa shape index (κ3) is 13.9. The Kier molecular flexibility index (Phi) is 16.0. The van der Waals surface area contributed by atoms with Gasteiger partial charge in [-0.15, -0.1) is 0 Å². The maximum atomic E-state index is 13.3. The quantitative estimate of drug-likeness (QED) is 0.142. The molecule has 0 aliphatic rings. The number of rotatable bonds is 18. The molecule has 2 aromatic carbocycles. The highest BCUT2D eigenvalue weighted by Gasteiger charge is 2.30. The van der Waals surface area contributed by atoms with Crippen molar-refractivity contribution in [2.24, 2.45) is 17.6 Å². The molecule has 4 N–H and O–H groups in total. The molecule has 0 radical (unpaired) electrons. The van der Waals surface area contributed by atoms with Crippen molar-refractivity contribution in [2.45, 2.75) is 77.7 Å². The Morgan fingerprint density at radius 2 is 1.72 bits per heavy atom. The molecule has 0 aliphatic heterocycles. The van der Waals surface area contributed by atoms with E-state index in [1.165, 1.54) is 19.3 Å². The second-order valence-corrected chi connectivity index (χ2v) is 12.0. The molecule has 10 nitrogen and oxygen atoms in total. The number of amides is 1. The van der Waals surface area contributed by atoms with Crippen molar-refractivity contribution in [3.63, 3.8) is 0 Å². The lowest BCUT2D eigenvalue weighted by molar-refractivity contribution is -0.173.